The predicted octanol–water partition coefficient (Wildman–Crippen LogP) is 5.80. The molecule has 0 saturated carbocycles. The number of rotatable bonds is 5. The summed E-state index contributed by atoms with van der Waals surface area (Å²) >= 11 is 1.57. The van der Waals surface area contributed by atoms with E-state index in [4.69, 9.17) is 9.72 Å². The van der Waals surface area contributed by atoms with Crippen LogP contribution in [-0.4, -0.2) is 26.8 Å². The van der Waals surface area contributed by atoms with E-state index in [9.17, 15) is 4.79 Å². The Bertz CT molecular complexity index is 1160. The van der Waals surface area contributed by atoms with E-state index in [1.807, 2.05) is 51.1 Å². The molecule has 1 atom stereocenters. The number of nitrogens with zero attached hydrogens (tertiary/aromatic N) is 4. The maximum atomic E-state index is 13.0. The maximum absolute atomic E-state index is 13.0. The number of carbonyl (C=O) groups excluding carboxylic acids is 1. The zero-order valence-electron chi connectivity index (χ0n) is 19.2. The normalized spacial score (nSPS) is 14.9. The van der Waals surface area contributed by atoms with Gasteiger partial charge >= 0.3 is 0 Å². The lowest BCUT2D eigenvalue weighted by Crippen LogP contribution is -2.36. The summed E-state index contributed by atoms with van der Waals surface area (Å²) in [6.07, 6.45) is 1.53. The van der Waals surface area contributed by atoms with E-state index in [-0.39, 0.29) is 5.91 Å². The average molecular weight is 449 g/mol. The fourth-order valence-corrected chi connectivity index (χ4v) is 4.88. The number of carbonyl (C=O) groups is 1. The minimum Gasteiger partial charge on any atom is -0.447 e. The second-order valence-corrected chi connectivity index (χ2v) is 9.26. The van der Waals surface area contributed by atoms with Crippen molar-refractivity contribution in [2.75, 3.05) is 10.7 Å². The third-order valence-electron chi connectivity index (χ3n) is 5.43. The van der Waals surface area contributed by atoms with Crippen molar-refractivity contribution in [3.8, 4) is 17.1 Å². The van der Waals surface area contributed by atoms with E-state index >= 15 is 0 Å². The van der Waals surface area contributed by atoms with Gasteiger partial charge in [-0.25, -0.2) is 0 Å². The average Bonchev–Trinajstić information content (AvgIpc) is 2.88. The standard InChI is InChI=1S/C25H28N4O2S/c1-6-7-11-32-25-26-23-21(27-28-25)20-14-16(3)12-17(4)22(20)29(18(5)30)24(31-23)19-10-8-9-15(2)13-19/h8-10,12-14,24H,6-7,11H2,1-5H3/t24-/m1/s1. The van der Waals surface area contributed by atoms with Crippen molar-refractivity contribution in [2.45, 2.75) is 58.8 Å². The van der Waals surface area contributed by atoms with Crippen LogP contribution in [0.5, 0.6) is 5.88 Å². The van der Waals surface area contributed by atoms with Gasteiger partial charge in [-0.2, -0.15) is 4.98 Å². The molecule has 0 aliphatic carbocycles. The number of hydrogen-bond donors (Lipinski definition) is 0. The maximum Gasteiger partial charge on any atom is 0.247 e. The van der Waals surface area contributed by atoms with Crippen molar-refractivity contribution in [1.29, 1.82) is 0 Å². The molecule has 0 unspecified atom stereocenters. The van der Waals surface area contributed by atoms with E-state index < -0.39 is 6.23 Å². The highest BCUT2D eigenvalue weighted by atomic mass is 32.2. The van der Waals surface area contributed by atoms with Gasteiger partial charge in [-0.1, -0.05) is 66.6 Å². The van der Waals surface area contributed by atoms with Crippen LogP contribution in [0.2, 0.25) is 0 Å². The Kier molecular flexibility index (Phi) is 6.46. The highest BCUT2D eigenvalue weighted by Crippen LogP contribution is 2.45. The lowest BCUT2D eigenvalue weighted by atomic mass is 10.00. The van der Waals surface area contributed by atoms with Gasteiger partial charge in [0.1, 0.15) is 0 Å². The number of aryl methyl sites for hydroxylation is 3. The van der Waals surface area contributed by atoms with Crippen LogP contribution in [0.1, 0.15) is 55.2 Å². The summed E-state index contributed by atoms with van der Waals surface area (Å²) in [5, 5.41) is 9.47. The molecule has 2 aromatic carbocycles. The van der Waals surface area contributed by atoms with Gasteiger partial charge in [-0.05, 0) is 38.8 Å². The van der Waals surface area contributed by atoms with Crippen molar-refractivity contribution >= 4 is 23.4 Å². The first-order valence-corrected chi connectivity index (χ1v) is 11.9. The minimum atomic E-state index is -0.654. The number of unbranched alkanes of at least 4 members (excludes halogenated alkanes) is 1. The molecule has 4 rings (SSSR count). The van der Waals surface area contributed by atoms with Gasteiger partial charge in [-0.3, -0.25) is 9.69 Å². The van der Waals surface area contributed by atoms with Gasteiger partial charge in [0.05, 0.1) is 5.69 Å². The second kappa shape index (κ2) is 9.28. The first kappa shape index (κ1) is 22.3. The third-order valence-corrected chi connectivity index (χ3v) is 6.35. The van der Waals surface area contributed by atoms with Gasteiger partial charge < -0.3 is 4.74 Å². The number of fused-ring (bicyclic) bond motifs is 3. The van der Waals surface area contributed by atoms with Crippen LogP contribution < -0.4 is 9.64 Å². The van der Waals surface area contributed by atoms with Crippen molar-refractivity contribution in [1.82, 2.24) is 15.2 Å². The van der Waals surface area contributed by atoms with Crippen LogP contribution in [0.4, 0.5) is 5.69 Å². The lowest BCUT2D eigenvalue weighted by molar-refractivity contribution is -0.118. The summed E-state index contributed by atoms with van der Waals surface area (Å²) in [6.45, 7) is 9.79. The zero-order chi connectivity index (χ0) is 22.8. The smallest absolute Gasteiger partial charge is 0.247 e. The highest BCUT2D eigenvalue weighted by Gasteiger charge is 2.35. The van der Waals surface area contributed by atoms with Crippen LogP contribution in [0.15, 0.2) is 41.6 Å². The van der Waals surface area contributed by atoms with Crippen LogP contribution >= 0.6 is 11.8 Å². The molecule has 6 nitrogen and oxygen atoms in total. The van der Waals surface area contributed by atoms with Crippen LogP contribution in [-0.2, 0) is 4.79 Å². The quantitative estimate of drug-likeness (QED) is 0.363. The fourth-order valence-electron chi connectivity index (χ4n) is 4.02. The molecule has 0 spiro atoms. The third kappa shape index (κ3) is 4.35. The molecule has 32 heavy (non-hydrogen) atoms. The van der Waals surface area contributed by atoms with E-state index in [0.29, 0.717) is 16.7 Å². The fraction of sp³-hybridized carbons (Fsp3) is 0.360. The molecule has 1 aliphatic heterocycles. The monoisotopic (exact) mass is 448 g/mol. The predicted molar refractivity (Wildman–Crippen MR) is 128 cm³/mol. The molecule has 7 heteroatoms. The molecular weight excluding hydrogens is 420 g/mol. The number of aromatic nitrogens is 3. The molecule has 1 amide bonds. The Morgan fingerprint density at radius 3 is 2.66 bits per heavy atom. The van der Waals surface area contributed by atoms with E-state index in [2.05, 4.69) is 23.2 Å². The Labute approximate surface area is 193 Å². The molecule has 0 radical (unpaired) electrons. The molecule has 1 aliphatic rings. The Morgan fingerprint density at radius 1 is 1.12 bits per heavy atom. The summed E-state index contributed by atoms with van der Waals surface area (Å²) in [5.74, 6) is 1.22. The molecule has 166 valence electrons. The van der Waals surface area contributed by atoms with E-state index in [1.165, 1.54) is 0 Å². The molecule has 0 saturated heterocycles. The van der Waals surface area contributed by atoms with Crippen LogP contribution in [0.25, 0.3) is 11.3 Å². The first-order valence-electron chi connectivity index (χ1n) is 10.9. The SMILES string of the molecule is CCCCSc1nnc2c(n1)O[C@H](c1cccc(C)c1)N(C(C)=O)c1c(C)cc(C)cc1-2. The van der Waals surface area contributed by atoms with Crippen LogP contribution in [0.3, 0.4) is 0 Å². The van der Waals surface area contributed by atoms with Crippen molar-refractivity contribution in [3.05, 3.63) is 58.7 Å². The number of ether oxygens (including phenoxy) is 1. The Hall–Kier alpha value is -2.93. The topological polar surface area (TPSA) is 68.2 Å². The molecule has 1 aromatic heterocycles. The molecule has 3 aromatic rings. The van der Waals surface area contributed by atoms with Gasteiger partial charge in [0.15, 0.2) is 5.69 Å². The Balaban J connectivity index is 1.93. The summed E-state index contributed by atoms with van der Waals surface area (Å²) in [6, 6.07) is 12.1. The van der Waals surface area contributed by atoms with Crippen molar-refractivity contribution in [2.24, 2.45) is 0 Å². The summed E-state index contributed by atoms with van der Waals surface area (Å²) in [5.41, 5.74) is 6.20. The minimum absolute atomic E-state index is 0.108. The molecule has 0 fully saturated rings. The summed E-state index contributed by atoms with van der Waals surface area (Å²) in [7, 11) is 0. The lowest BCUT2D eigenvalue weighted by Gasteiger charge is -2.31. The van der Waals surface area contributed by atoms with Gasteiger partial charge in [-0.15, -0.1) is 10.2 Å². The zero-order valence-corrected chi connectivity index (χ0v) is 20.0. The first-order chi connectivity index (χ1) is 15.4. The van der Waals surface area contributed by atoms with E-state index in [0.717, 1.165) is 52.1 Å². The van der Waals surface area contributed by atoms with E-state index in [1.54, 1.807) is 23.6 Å². The number of thioether (sulfide) groups is 1. The van der Waals surface area contributed by atoms with Gasteiger partial charge in [0.2, 0.25) is 23.2 Å². The van der Waals surface area contributed by atoms with Gasteiger partial charge in [0.25, 0.3) is 0 Å². The van der Waals surface area contributed by atoms with Crippen molar-refractivity contribution < 1.29 is 9.53 Å². The van der Waals surface area contributed by atoms with Crippen LogP contribution in [0, 0.1) is 20.8 Å². The largest absolute Gasteiger partial charge is 0.447 e. The highest BCUT2D eigenvalue weighted by molar-refractivity contribution is 7.99. The molecule has 0 N–H and O–H groups in total. The number of amides is 1. The number of benzene rings is 2. The number of hydrogen-bond acceptors (Lipinski definition) is 6. The van der Waals surface area contributed by atoms with Gasteiger partial charge in [0, 0.05) is 23.8 Å². The molecule has 0 bridgehead atoms. The number of anilines is 1. The summed E-state index contributed by atoms with van der Waals surface area (Å²) in [4.78, 5) is 19.4. The Morgan fingerprint density at radius 2 is 1.94 bits per heavy atom. The molecule has 2 heterocycles. The second-order valence-electron chi connectivity index (χ2n) is 8.20. The van der Waals surface area contributed by atoms with Crippen molar-refractivity contribution in [3.63, 3.8) is 0 Å². The summed E-state index contributed by atoms with van der Waals surface area (Å²) < 4.78 is 6.47. The molecular formula is C25H28N4O2S.